The molecule has 0 heterocycles. The summed E-state index contributed by atoms with van der Waals surface area (Å²) in [6, 6.07) is 19.7. The van der Waals surface area contributed by atoms with Crippen LogP contribution in [0.25, 0.3) is 0 Å². The lowest BCUT2D eigenvalue weighted by molar-refractivity contribution is 0.102. The molecule has 0 aliphatic rings. The fraction of sp³-hybridized carbons (Fsp3) is 0.0500. The molecule has 7 heteroatoms. The topological polar surface area (TPSA) is 75.3 Å². The maximum Gasteiger partial charge on any atom is 0.261 e. The highest BCUT2D eigenvalue weighted by Crippen LogP contribution is 2.21. The molecular formula is C20H17ClN2O3S. The van der Waals surface area contributed by atoms with Crippen molar-refractivity contribution in [3.63, 3.8) is 0 Å². The Hall–Kier alpha value is -2.83. The second kappa shape index (κ2) is 7.82. The predicted molar refractivity (Wildman–Crippen MR) is 108 cm³/mol. The molecule has 3 aromatic rings. The third-order valence-corrected chi connectivity index (χ3v) is 5.53. The zero-order valence-electron chi connectivity index (χ0n) is 14.4. The lowest BCUT2D eigenvalue weighted by Crippen LogP contribution is -2.14. The van der Waals surface area contributed by atoms with Gasteiger partial charge in [-0.15, -0.1) is 0 Å². The molecule has 3 rings (SSSR count). The molecule has 0 saturated carbocycles. The average molecular weight is 401 g/mol. The summed E-state index contributed by atoms with van der Waals surface area (Å²) in [5.41, 5.74) is 2.25. The van der Waals surface area contributed by atoms with Crippen molar-refractivity contribution in [3.05, 3.63) is 88.9 Å². The minimum Gasteiger partial charge on any atom is -0.322 e. The van der Waals surface area contributed by atoms with E-state index < -0.39 is 10.0 Å². The number of para-hydroxylation sites is 1. The Morgan fingerprint density at radius 3 is 2.19 bits per heavy atom. The summed E-state index contributed by atoms with van der Waals surface area (Å²) in [5.74, 6) is -0.363. The molecule has 1 amide bonds. The fourth-order valence-electron chi connectivity index (χ4n) is 2.44. The number of benzene rings is 3. The largest absolute Gasteiger partial charge is 0.322 e. The molecule has 3 aromatic carbocycles. The Morgan fingerprint density at radius 2 is 1.56 bits per heavy atom. The van der Waals surface area contributed by atoms with E-state index in [4.69, 9.17) is 11.6 Å². The molecule has 0 saturated heterocycles. The van der Waals surface area contributed by atoms with Gasteiger partial charge in [0.15, 0.2) is 0 Å². The molecular weight excluding hydrogens is 384 g/mol. The summed E-state index contributed by atoms with van der Waals surface area (Å²) in [5, 5.41) is 3.07. The lowest BCUT2D eigenvalue weighted by atomic mass is 10.1. The van der Waals surface area contributed by atoms with Crippen LogP contribution < -0.4 is 10.0 Å². The first-order valence-corrected chi connectivity index (χ1v) is 9.97. The maximum atomic E-state index is 12.4. The highest BCUT2D eigenvalue weighted by atomic mass is 35.5. The van der Waals surface area contributed by atoms with Crippen molar-refractivity contribution in [3.8, 4) is 0 Å². The van der Waals surface area contributed by atoms with E-state index >= 15 is 0 Å². The SMILES string of the molecule is Cc1ccc(C(=O)Nc2ccc(S(=O)(=O)Nc3ccccc3)cc2)c(Cl)c1. The highest BCUT2D eigenvalue weighted by Gasteiger charge is 2.15. The van der Waals surface area contributed by atoms with Gasteiger partial charge in [-0.3, -0.25) is 9.52 Å². The molecule has 0 aromatic heterocycles. The molecule has 2 N–H and O–H groups in total. The van der Waals surface area contributed by atoms with Crippen molar-refractivity contribution in [2.75, 3.05) is 10.0 Å². The van der Waals surface area contributed by atoms with Crippen molar-refractivity contribution in [2.45, 2.75) is 11.8 Å². The van der Waals surface area contributed by atoms with Gasteiger partial charge in [0.25, 0.3) is 15.9 Å². The van der Waals surface area contributed by atoms with Crippen LogP contribution in [0.3, 0.4) is 0 Å². The molecule has 0 aliphatic heterocycles. The van der Waals surface area contributed by atoms with Gasteiger partial charge in [0.1, 0.15) is 0 Å². The number of sulfonamides is 1. The van der Waals surface area contributed by atoms with Crippen LogP contribution in [0.4, 0.5) is 11.4 Å². The first kappa shape index (κ1) is 18.9. The highest BCUT2D eigenvalue weighted by molar-refractivity contribution is 7.92. The summed E-state index contributed by atoms with van der Waals surface area (Å²) >= 11 is 6.10. The molecule has 0 aliphatic carbocycles. The van der Waals surface area contributed by atoms with Crippen LogP contribution in [0, 0.1) is 6.92 Å². The number of carbonyl (C=O) groups excluding carboxylic acids is 1. The van der Waals surface area contributed by atoms with E-state index in [-0.39, 0.29) is 10.8 Å². The molecule has 0 radical (unpaired) electrons. The van der Waals surface area contributed by atoms with Crippen molar-refractivity contribution in [1.82, 2.24) is 0 Å². The molecule has 0 bridgehead atoms. The van der Waals surface area contributed by atoms with E-state index in [1.165, 1.54) is 24.3 Å². The number of hydrogen-bond donors (Lipinski definition) is 2. The van der Waals surface area contributed by atoms with Gasteiger partial charge >= 0.3 is 0 Å². The average Bonchev–Trinajstić information content (AvgIpc) is 2.62. The van der Waals surface area contributed by atoms with Crippen LogP contribution in [0.2, 0.25) is 5.02 Å². The molecule has 138 valence electrons. The van der Waals surface area contributed by atoms with Crippen molar-refractivity contribution in [1.29, 1.82) is 0 Å². The van der Waals surface area contributed by atoms with Crippen LogP contribution >= 0.6 is 11.6 Å². The van der Waals surface area contributed by atoms with E-state index in [1.807, 2.05) is 6.92 Å². The van der Waals surface area contributed by atoms with E-state index in [0.29, 0.717) is 22.0 Å². The normalized spacial score (nSPS) is 11.0. The number of carbonyl (C=O) groups is 1. The minimum atomic E-state index is -3.71. The third kappa shape index (κ3) is 4.67. The van der Waals surface area contributed by atoms with Crippen LogP contribution in [-0.4, -0.2) is 14.3 Å². The third-order valence-electron chi connectivity index (χ3n) is 3.82. The number of hydrogen-bond acceptors (Lipinski definition) is 3. The standard InChI is InChI=1S/C20H17ClN2O3S/c1-14-7-12-18(19(21)13-14)20(24)22-15-8-10-17(11-9-15)27(25,26)23-16-5-3-2-4-6-16/h2-13,23H,1H3,(H,22,24). The van der Waals surface area contributed by atoms with Crippen molar-refractivity contribution < 1.29 is 13.2 Å². The van der Waals surface area contributed by atoms with Gasteiger partial charge in [-0.2, -0.15) is 0 Å². The molecule has 27 heavy (non-hydrogen) atoms. The van der Waals surface area contributed by atoms with Gasteiger partial charge in [-0.05, 0) is 61.0 Å². The number of aryl methyl sites for hydroxylation is 1. The summed E-state index contributed by atoms with van der Waals surface area (Å²) in [4.78, 5) is 12.4. The number of rotatable bonds is 5. The van der Waals surface area contributed by atoms with Gasteiger partial charge < -0.3 is 5.32 Å². The van der Waals surface area contributed by atoms with Crippen molar-refractivity contribution >= 4 is 38.9 Å². The number of amides is 1. The van der Waals surface area contributed by atoms with Gasteiger partial charge in [-0.1, -0.05) is 35.9 Å². The molecule has 0 fully saturated rings. The maximum absolute atomic E-state index is 12.4. The Bertz CT molecular complexity index is 1070. The number of halogens is 1. The fourth-order valence-corrected chi connectivity index (χ4v) is 3.82. The van der Waals surface area contributed by atoms with E-state index in [2.05, 4.69) is 10.0 Å². The van der Waals surface area contributed by atoms with E-state index in [9.17, 15) is 13.2 Å². The summed E-state index contributed by atoms with van der Waals surface area (Å²) < 4.78 is 27.3. The lowest BCUT2D eigenvalue weighted by Gasteiger charge is -2.10. The number of nitrogens with one attached hydrogen (secondary N) is 2. The van der Waals surface area contributed by atoms with Gasteiger partial charge in [-0.25, -0.2) is 8.42 Å². The molecule has 0 spiro atoms. The molecule has 0 unspecified atom stereocenters. The monoisotopic (exact) mass is 400 g/mol. The zero-order valence-corrected chi connectivity index (χ0v) is 16.0. The Balaban J connectivity index is 1.74. The van der Waals surface area contributed by atoms with E-state index in [0.717, 1.165) is 5.56 Å². The van der Waals surface area contributed by atoms with Crippen LogP contribution in [0.1, 0.15) is 15.9 Å². The number of anilines is 2. The first-order valence-electron chi connectivity index (χ1n) is 8.10. The zero-order chi connectivity index (χ0) is 19.4. The van der Waals surface area contributed by atoms with Crippen molar-refractivity contribution in [2.24, 2.45) is 0 Å². The summed E-state index contributed by atoms with van der Waals surface area (Å²) in [6.07, 6.45) is 0. The minimum absolute atomic E-state index is 0.0951. The van der Waals surface area contributed by atoms with Gasteiger partial charge in [0.2, 0.25) is 0 Å². The molecule has 0 atom stereocenters. The quantitative estimate of drug-likeness (QED) is 0.651. The predicted octanol–water partition coefficient (Wildman–Crippen LogP) is 4.70. The Kier molecular flexibility index (Phi) is 5.48. The Labute approximate surface area is 163 Å². The Morgan fingerprint density at radius 1 is 0.889 bits per heavy atom. The van der Waals surface area contributed by atoms with Gasteiger partial charge in [0.05, 0.1) is 15.5 Å². The summed E-state index contributed by atoms with van der Waals surface area (Å²) in [7, 11) is -3.71. The van der Waals surface area contributed by atoms with E-state index in [1.54, 1.807) is 48.5 Å². The van der Waals surface area contributed by atoms with Gasteiger partial charge in [0, 0.05) is 11.4 Å². The van der Waals surface area contributed by atoms with Crippen LogP contribution in [0.5, 0.6) is 0 Å². The first-order chi connectivity index (χ1) is 12.8. The second-order valence-electron chi connectivity index (χ2n) is 5.93. The molecule has 5 nitrogen and oxygen atoms in total. The smallest absolute Gasteiger partial charge is 0.261 e. The summed E-state index contributed by atoms with van der Waals surface area (Å²) in [6.45, 7) is 1.89. The van der Waals surface area contributed by atoms with Crippen LogP contribution in [0.15, 0.2) is 77.7 Å². The van der Waals surface area contributed by atoms with Crippen LogP contribution in [-0.2, 0) is 10.0 Å². The second-order valence-corrected chi connectivity index (χ2v) is 8.02.